The first-order valence-electron chi connectivity index (χ1n) is 5.31. The van der Waals surface area contributed by atoms with Crippen LogP contribution in [-0.2, 0) is 0 Å². The maximum atomic E-state index is 12.9. The average molecular weight is 244 g/mol. The van der Waals surface area contributed by atoms with Crippen molar-refractivity contribution in [3.8, 4) is 11.8 Å². The summed E-state index contributed by atoms with van der Waals surface area (Å²) in [6.45, 7) is 0. The Morgan fingerprint density at radius 3 is 2.78 bits per heavy atom. The molecule has 3 aromatic rings. The molecule has 0 unspecified atom stereocenters. The molecule has 0 amide bonds. The van der Waals surface area contributed by atoms with E-state index in [1.807, 2.05) is 12.1 Å². The van der Waals surface area contributed by atoms with Crippen molar-refractivity contribution in [2.45, 2.75) is 0 Å². The van der Waals surface area contributed by atoms with Crippen LogP contribution in [0.25, 0.3) is 11.1 Å². The van der Waals surface area contributed by atoms with Crippen LogP contribution in [0, 0.1) is 5.82 Å². The number of hydrogen-bond acceptors (Lipinski definition) is 4. The van der Waals surface area contributed by atoms with Gasteiger partial charge in [0.15, 0.2) is 11.3 Å². The topological polar surface area (TPSA) is 61.3 Å². The quantitative estimate of drug-likeness (QED) is 0.702. The molecule has 4 nitrogen and oxygen atoms in total. The van der Waals surface area contributed by atoms with Crippen LogP contribution in [0.1, 0.15) is 0 Å². The number of para-hydroxylation sites is 2. The molecule has 1 heterocycles. The van der Waals surface area contributed by atoms with Gasteiger partial charge in [0.25, 0.3) is 0 Å². The molecule has 0 aliphatic rings. The van der Waals surface area contributed by atoms with Crippen molar-refractivity contribution >= 4 is 16.8 Å². The van der Waals surface area contributed by atoms with Crippen LogP contribution in [0.4, 0.5) is 10.1 Å². The highest BCUT2D eigenvalue weighted by Gasteiger charge is 2.09. The molecular weight excluding hydrogens is 235 g/mol. The lowest BCUT2D eigenvalue weighted by Gasteiger charge is -2.03. The molecule has 90 valence electrons. The maximum Gasteiger partial charge on any atom is 0.400 e. The molecule has 0 aliphatic carbocycles. The number of nitrogens with two attached hydrogens (primary N) is 1. The largest absolute Gasteiger partial charge is 0.409 e. The Bertz CT molecular complexity index is 676. The molecule has 0 atom stereocenters. The first-order valence-corrected chi connectivity index (χ1v) is 5.31. The molecule has 0 fully saturated rings. The normalized spacial score (nSPS) is 10.7. The highest BCUT2D eigenvalue weighted by atomic mass is 19.1. The number of benzene rings is 2. The Labute approximate surface area is 102 Å². The van der Waals surface area contributed by atoms with Gasteiger partial charge in [-0.25, -0.2) is 4.39 Å². The number of nitrogen functional groups attached to an aromatic ring is 1. The summed E-state index contributed by atoms with van der Waals surface area (Å²) in [5, 5.41) is 0. The number of ether oxygens (including phenoxy) is 1. The van der Waals surface area contributed by atoms with Crippen LogP contribution < -0.4 is 10.5 Å². The molecule has 0 bridgehead atoms. The monoisotopic (exact) mass is 244 g/mol. The highest BCUT2D eigenvalue weighted by Crippen LogP contribution is 2.29. The molecule has 5 heteroatoms. The summed E-state index contributed by atoms with van der Waals surface area (Å²) in [5.41, 5.74) is 7.13. The number of hydrogen-bond donors (Lipinski definition) is 1. The van der Waals surface area contributed by atoms with Gasteiger partial charge in [0.2, 0.25) is 0 Å². The van der Waals surface area contributed by atoms with Crippen molar-refractivity contribution in [2.24, 2.45) is 0 Å². The first-order chi connectivity index (χ1) is 8.72. The lowest BCUT2D eigenvalue weighted by atomic mass is 10.3. The van der Waals surface area contributed by atoms with Crippen molar-refractivity contribution in [3.63, 3.8) is 0 Å². The second-order valence-corrected chi connectivity index (χ2v) is 3.73. The van der Waals surface area contributed by atoms with Crippen LogP contribution in [0.3, 0.4) is 0 Å². The molecular formula is C13H9FN2O2. The predicted molar refractivity (Wildman–Crippen MR) is 64.9 cm³/mol. The van der Waals surface area contributed by atoms with Gasteiger partial charge in [0, 0.05) is 6.07 Å². The Kier molecular flexibility index (Phi) is 2.37. The fourth-order valence-corrected chi connectivity index (χ4v) is 1.60. The van der Waals surface area contributed by atoms with Gasteiger partial charge in [0.1, 0.15) is 11.3 Å². The van der Waals surface area contributed by atoms with E-state index in [0.717, 1.165) is 0 Å². The van der Waals surface area contributed by atoms with Crippen molar-refractivity contribution < 1.29 is 13.5 Å². The molecule has 2 aromatic carbocycles. The maximum absolute atomic E-state index is 12.9. The molecule has 0 aliphatic heterocycles. The van der Waals surface area contributed by atoms with Crippen molar-refractivity contribution in [1.82, 2.24) is 4.98 Å². The summed E-state index contributed by atoms with van der Waals surface area (Å²) in [6.07, 6.45) is 0.0782. The molecule has 18 heavy (non-hydrogen) atoms. The lowest BCUT2D eigenvalue weighted by Crippen LogP contribution is -1.92. The van der Waals surface area contributed by atoms with Gasteiger partial charge in [0.05, 0.1) is 5.69 Å². The number of oxazole rings is 1. The first kappa shape index (κ1) is 10.6. The molecule has 2 N–H and O–H groups in total. The SMILES string of the molecule is Nc1cc(F)ccc1Oc1nc2ccccc2o1. The minimum atomic E-state index is -0.419. The summed E-state index contributed by atoms with van der Waals surface area (Å²) in [4.78, 5) is 4.13. The second-order valence-electron chi connectivity index (χ2n) is 3.73. The summed E-state index contributed by atoms with van der Waals surface area (Å²) in [7, 11) is 0. The zero-order chi connectivity index (χ0) is 12.5. The van der Waals surface area contributed by atoms with Crippen LogP contribution >= 0.6 is 0 Å². The third-order valence-corrected chi connectivity index (χ3v) is 2.44. The van der Waals surface area contributed by atoms with Crippen LogP contribution in [0.15, 0.2) is 46.9 Å². The van der Waals surface area contributed by atoms with E-state index in [-0.39, 0.29) is 11.8 Å². The van der Waals surface area contributed by atoms with Gasteiger partial charge in [-0.2, -0.15) is 4.98 Å². The van der Waals surface area contributed by atoms with Gasteiger partial charge < -0.3 is 14.9 Å². The standard InChI is InChI=1S/C13H9FN2O2/c14-8-5-6-11(9(15)7-8)17-13-16-10-3-1-2-4-12(10)18-13/h1-7H,15H2. The summed E-state index contributed by atoms with van der Waals surface area (Å²) in [5.74, 6) is -0.111. The van der Waals surface area contributed by atoms with E-state index in [9.17, 15) is 4.39 Å². The van der Waals surface area contributed by atoms with E-state index in [0.29, 0.717) is 16.8 Å². The average Bonchev–Trinajstić information content (AvgIpc) is 2.75. The summed E-state index contributed by atoms with van der Waals surface area (Å²) < 4.78 is 23.6. The van der Waals surface area contributed by atoms with E-state index >= 15 is 0 Å². The van der Waals surface area contributed by atoms with E-state index < -0.39 is 5.82 Å². The summed E-state index contributed by atoms with van der Waals surface area (Å²) in [6, 6.07) is 11.1. The fraction of sp³-hybridized carbons (Fsp3) is 0. The smallest absolute Gasteiger partial charge is 0.400 e. The van der Waals surface area contributed by atoms with Crippen molar-refractivity contribution in [2.75, 3.05) is 5.73 Å². The number of fused-ring (bicyclic) bond motifs is 1. The number of anilines is 1. The lowest BCUT2D eigenvalue weighted by molar-refractivity contribution is 0.344. The van der Waals surface area contributed by atoms with Crippen molar-refractivity contribution in [1.29, 1.82) is 0 Å². The number of nitrogens with zero attached hydrogens (tertiary/aromatic N) is 1. The van der Waals surface area contributed by atoms with Crippen LogP contribution in [0.2, 0.25) is 0 Å². The van der Waals surface area contributed by atoms with Crippen LogP contribution in [0.5, 0.6) is 11.8 Å². The highest BCUT2D eigenvalue weighted by molar-refractivity contribution is 5.72. The predicted octanol–water partition coefficient (Wildman–Crippen LogP) is 3.34. The van der Waals surface area contributed by atoms with Crippen molar-refractivity contribution in [3.05, 3.63) is 48.3 Å². The molecule has 0 saturated heterocycles. The summed E-state index contributed by atoms with van der Waals surface area (Å²) >= 11 is 0. The Hall–Kier alpha value is -2.56. The van der Waals surface area contributed by atoms with Gasteiger partial charge in [-0.05, 0) is 24.3 Å². The zero-order valence-electron chi connectivity index (χ0n) is 9.26. The zero-order valence-corrected chi connectivity index (χ0v) is 9.26. The minimum absolute atomic E-state index is 0.0782. The number of aromatic nitrogens is 1. The van der Waals surface area contributed by atoms with E-state index in [4.69, 9.17) is 14.9 Å². The van der Waals surface area contributed by atoms with Crippen LogP contribution in [-0.4, -0.2) is 4.98 Å². The van der Waals surface area contributed by atoms with Gasteiger partial charge in [-0.15, -0.1) is 0 Å². The van der Waals surface area contributed by atoms with E-state index in [1.54, 1.807) is 12.1 Å². The molecule has 1 aromatic heterocycles. The molecule has 0 saturated carbocycles. The minimum Gasteiger partial charge on any atom is -0.409 e. The fourth-order valence-electron chi connectivity index (χ4n) is 1.60. The Morgan fingerprint density at radius 1 is 1.17 bits per heavy atom. The van der Waals surface area contributed by atoms with Gasteiger partial charge in [-0.1, -0.05) is 12.1 Å². The molecule has 3 rings (SSSR count). The van der Waals surface area contributed by atoms with E-state index in [2.05, 4.69) is 4.98 Å². The molecule has 0 spiro atoms. The third kappa shape index (κ3) is 1.86. The number of halogens is 1. The Balaban J connectivity index is 1.96. The van der Waals surface area contributed by atoms with Gasteiger partial charge in [-0.3, -0.25) is 0 Å². The van der Waals surface area contributed by atoms with Gasteiger partial charge >= 0.3 is 6.08 Å². The third-order valence-electron chi connectivity index (χ3n) is 2.44. The number of rotatable bonds is 2. The molecule has 0 radical (unpaired) electrons. The second kappa shape index (κ2) is 4.03. The Morgan fingerprint density at radius 2 is 2.00 bits per heavy atom. The van der Waals surface area contributed by atoms with E-state index in [1.165, 1.54) is 18.2 Å².